The Morgan fingerprint density at radius 3 is 2.56 bits per heavy atom. The second kappa shape index (κ2) is 3.84. The number of alkyl halides is 3. The molecule has 0 saturated carbocycles. The number of nitrogens with zero attached hydrogens (tertiary/aromatic N) is 2. The lowest BCUT2D eigenvalue weighted by atomic mass is 10.1. The van der Waals surface area contributed by atoms with E-state index in [1.165, 1.54) is 24.4 Å². The molecule has 0 aliphatic heterocycles. The van der Waals surface area contributed by atoms with Gasteiger partial charge in [0.05, 0.1) is 6.20 Å². The highest BCUT2D eigenvalue weighted by molar-refractivity contribution is 5.65. The van der Waals surface area contributed by atoms with Crippen molar-refractivity contribution in [2.24, 2.45) is 0 Å². The van der Waals surface area contributed by atoms with E-state index in [1.54, 1.807) is 6.07 Å². The summed E-state index contributed by atoms with van der Waals surface area (Å²) in [7, 11) is 0. The van der Waals surface area contributed by atoms with E-state index in [-0.39, 0.29) is 11.3 Å². The number of hydrogen-bond donors (Lipinski definition) is 1. The molecule has 0 bridgehead atoms. The van der Waals surface area contributed by atoms with Gasteiger partial charge in [-0.3, -0.25) is 0 Å². The first-order chi connectivity index (χ1) is 7.56. The molecule has 0 saturated heterocycles. The van der Waals surface area contributed by atoms with Gasteiger partial charge in [-0.15, -0.1) is 13.2 Å². The van der Waals surface area contributed by atoms with Crippen molar-refractivity contribution in [2.75, 3.05) is 0 Å². The van der Waals surface area contributed by atoms with Gasteiger partial charge in [0.2, 0.25) is 0 Å². The highest BCUT2D eigenvalue weighted by atomic mass is 19.4. The highest BCUT2D eigenvalue weighted by Gasteiger charge is 2.32. The minimum absolute atomic E-state index is 0.230. The lowest BCUT2D eigenvalue weighted by Gasteiger charge is -2.11. The Bertz CT molecular complexity index is 467. The van der Waals surface area contributed by atoms with Crippen LogP contribution in [0.4, 0.5) is 13.2 Å². The van der Waals surface area contributed by atoms with Gasteiger partial charge in [-0.1, -0.05) is 12.1 Å². The van der Waals surface area contributed by atoms with Gasteiger partial charge in [0.25, 0.3) is 0 Å². The third-order valence-corrected chi connectivity index (χ3v) is 1.80. The summed E-state index contributed by atoms with van der Waals surface area (Å²) < 4.78 is 40.2. The van der Waals surface area contributed by atoms with E-state index in [0.29, 0.717) is 5.69 Å². The molecule has 0 aliphatic rings. The first kappa shape index (κ1) is 10.5. The van der Waals surface area contributed by atoms with Gasteiger partial charge in [-0.25, -0.2) is 0 Å². The largest absolute Gasteiger partial charge is 0.573 e. The zero-order valence-corrected chi connectivity index (χ0v) is 7.82. The summed E-state index contributed by atoms with van der Waals surface area (Å²) in [5.74, 6) is -0.302. The highest BCUT2D eigenvalue weighted by Crippen LogP contribution is 2.31. The minimum atomic E-state index is -4.72. The molecule has 1 aromatic heterocycles. The van der Waals surface area contributed by atoms with Crippen molar-refractivity contribution >= 4 is 0 Å². The van der Waals surface area contributed by atoms with Crippen LogP contribution < -0.4 is 4.74 Å². The fraction of sp³-hybridized carbons (Fsp3) is 0.111. The third-order valence-electron chi connectivity index (χ3n) is 1.80. The maximum atomic E-state index is 12.1. The predicted octanol–water partition coefficient (Wildman–Crippen LogP) is 2.37. The molecule has 0 atom stereocenters. The number of aromatic amines is 1. The van der Waals surface area contributed by atoms with Crippen LogP contribution in [-0.4, -0.2) is 21.8 Å². The summed E-state index contributed by atoms with van der Waals surface area (Å²) in [6.07, 6.45) is -3.40. The van der Waals surface area contributed by atoms with Crippen molar-refractivity contribution < 1.29 is 17.9 Å². The van der Waals surface area contributed by atoms with Crippen molar-refractivity contribution in [3.63, 3.8) is 0 Å². The molecule has 84 valence electrons. The average Bonchev–Trinajstić information content (AvgIpc) is 2.69. The van der Waals surface area contributed by atoms with E-state index in [4.69, 9.17) is 0 Å². The first-order valence-corrected chi connectivity index (χ1v) is 4.27. The SMILES string of the molecule is FC(F)(F)Oc1ccccc1-c1cn[nH]n1. The van der Waals surface area contributed by atoms with Gasteiger partial charge in [0.1, 0.15) is 11.4 Å². The molecule has 0 aliphatic carbocycles. The second-order valence-corrected chi connectivity index (χ2v) is 2.90. The summed E-state index contributed by atoms with van der Waals surface area (Å²) in [6.45, 7) is 0. The Kier molecular flexibility index (Phi) is 2.51. The van der Waals surface area contributed by atoms with Crippen LogP contribution in [0.25, 0.3) is 11.3 Å². The summed E-state index contributed by atoms with van der Waals surface area (Å²) in [5, 5.41) is 9.54. The number of H-pyrrole nitrogens is 1. The van der Waals surface area contributed by atoms with Gasteiger partial charge >= 0.3 is 6.36 Å². The summed E-state index contributed by atoms with van der Waals surface area (Å²) in [5.41, 5.74) is 0.522. The van der Waals surface area contributed by atoms with Crippen LogP contribution in [0.3, 0.4) is 0 Å². The second-order valence-electron chi connectivity index (χ2n) is 2.90. The monoisotopic (exact) mass is 229 g/mol. The molecule has 1 heterocycles. The fourth-order valence-corrected chi connectivity index (χ4v) is 1.22. The molecule has 0 unspecified atom stereocenters. The topological polar surface area (TPSA) is 50.8 Å². The van der Waals surface area contributed by atoms with E-state index < -0.39 is 6.36 Å². The number of para-hydroxylation sites is 1. The standard InChI is InChI=1S/C9H6F3N3O/c10-9(11,12)16-8-4-2-1-3-6(8)7-5-13-15-14-7/h1-5H,(H,13,14,15). The van der Waals surface area contributed by atoms with Crippen LogP contribution in [0.2, 0.25) is 0 Å². The van der Waals surface area contributed by atoms with Crippen LogP contribution in [0.5, 0.6) is 5.75 Å². The number of benzene rings is 1. The van der Waals surface area contributed by atoms with Crippen LogP contribution in [-0.2, 0) is 0 Å². The number of hydrogen-bond acceptors (Lipinski definition) is 3. The molecule has 4 nitrogen and oxygen atoms in total. The van der Waals surface area contributed by atoms with Crippen LogP contribution in [0, 0.1) is 0 Å². The summed E-state index contributed by atoms with van der Waals surface area (Å²) >= 11 is 0. The van der Waals surface area contributed by atoms with E-state index in [2.05, 4.69) is 20.1 Å². The summed E-state index contributed by atoms with van der Waals surface area (Å²) in [4.78, 5) is 0. The van der Waals surface area contributed by atoms with Crippen molar-refractivity contribution in [1.29, 1.82) is 0 Å². The molecule has 16 heavy (non-hydrogen) atoms. The number of nitrogens with one attached hydrogen (secondary N) is 1. The molecule has 7 heteroatoms. The Morgan fingerprint density at radius 2 is 1.94 bits per heavy atom. The molecule has 2 rings (SSSR count). The molecule has 2 aromatic rings. The molecule has 1 N–H and O–H groups in total. The van der Waals surface area contributed by atoms with Crippen LogP contribution >= 0.6 is 0 Å². The van der Waals surface area contributed by atoms with E-state index >= 15 is 0 Å². The molecule has 0 radical (unpaired) electrons. The number of ether oxygens (including phenoxy) is 1. The predicted molar refractivity (Wildman–Crippen MR) is 48.5 cm³/mol. The van der Waals surface area contributed by atoms with Crippen molar-refractivity contribution in [2.45, 2.75) is 6.36 Å². The van der Waals surface area contributed by atoms with Gasteiger partial charge < -0.3 is 4.74 Å². The van der Waals surface area contributed by atoms with Gasteiger partial charge in [0.15, 0.2) is 0 Å². The fourth-order valence-electron chi connectivity index (χ4n) is 1.22. The molecule has 1 aromatic carbocycles. The Balaban J connectivity index is 2.39. The van der Waals surface area contributed by atoms with Gasteiger partial charge in [-0.05, 0) is 12.1 Å². The maximum Gasteiger partial charge on any atom is 0.573 e. The van der Waals surface area contributed by atoms with E-state index in [1.807, 2.05) is 0 Å². The average molecular weight is 229 g/mol. The quantitative estimate of drug-likeness (QED) is 0.859. The smallest absolute Gasteiger partial charge is 0.405 e. The number of halogens is 3. The van der Waals surface area contributed by atoms with Crippen molar-refractivity contribution in [3.05, 3.63) is 30.5 Å². The molecule has 0 spiro atoms. The minimum Gasteiger partial charge on any atom is -0.405 e. The Morgan fingerprint density at radius 1 is 1.19 bits per heavy atom. The van der Waals surface area contributed by atoms with Gasteiger partial charge in [-0.2, -0.15) is 15.4 Å². The Labute approximate surface area is 88.0 Å². The normalized spacial score (nSPS) is 11.4. The lowest BCUT2D eigenvalue weighted by molar-refractivity contribution is -0.274. The van der Waals surface area contributed by atoms with Crippen LogP contribution in [0.1, 0.15) is 0 Å². The third kappa shape index (κ3) is 2.30. The lowest BCUT2D eigenvalue weighted by Crippen LogP contribution is -2.17. The molecule has 0 amide bonds. The number of rotatable bonds is 2. The molecular formula is C9H6F3N3O. The molecule has 0 fully saturated rings. The first-order valence-electron chi connectivity index (χ1n) is 4.27. The zero-order chi connectivity index (χ0) is 11.6. The maximum absolute atomic E-state index is 12.1. The molecular weight excluding hydrogens is 223 g/mol. The van der Waals surface area contributed by atoms with E-state index in [9.17, 15) is 13.2 Å². The van der Waals surface area contributed by atoms with Crippen molar-refractivity contribution in [3.8, 4) is 17.0 Å². The number of aromatic nitrogens is 3. The van der Waals surface area contributed by atoms with Crippen LogP contribution in [0.15, 0.2) is 30.5 Å². The van der Waals surface area contributed by atoms with Crippen molar-refractivity contribution in [1.82, 2.24) is 15.4 Å². The van der Waals surface area contributed by atoms with E-state index in [0.717, 1.165) is 0 Å². The zero-order valence-electron chi connectivity index (χ0n) is 7.82. The van der Waals surface area contributed by atoms with Gasteiger partial charge in [0, 0.05) is 5.56 Å². The Hall–Kier alpha value is -2.05. The summed E-state index contributed by atoms with van der Waals surface area (Å²) in [6, 6.07) is 5.73.